The Kier molecular flexibility index (Phi) is 4.15. The van der Waals surface area contributed by atoms with Gasteiger partial charge in [-0.25, -0.2) is 4.79 Å². The maximum absolute atomic E-state index is 11.4. The largest absolute Gasteiger partial charge is 0.460 e. The van der Waals surface area contributed by atoms with Gasteiger partial charge in [-0.15, -0.1) is 0 Å². The third kappa shape index (κ3) is 3.76. The molecule has 0 bridgehead atoms. The lowest BCUT2D eigenvalue weighted by molar-refractivity contribution is -0.158. The van der Waals surface area contributed by atoms with Crippen LogP contribution in [0.15, 0.2) is 0 Å². The van der Waals surface area contributed by atoms with E-state index in [9.17, 15) is 19.2 Å². The molecule has 1 saturated carbocycles. The van der Waals surface area contributed by atoms with Crippen LogP contribution in [-0.4, -0.2) is 29.9 Å². The molecule has 0 aromatic rings. The van der Waals surface area contributed by atoms with Crippen molar-refractivity contribution in [1.29, 1.82) is 0 Å². The molecular weight excluding hydrogens is 224 g/mol. The maximum Gasteiger partial charge on any atom is 0.383 e. The number of rotatable bonds is 7. The average Bonchev–Trinajstić information content (AvgIpc) is 3.03. The minimum Gasteiger partial charge on any atom is -0.460 e. The second kappa shape index (κ2) is 5.21. The van der Waals surface area contributed by atoms with Crippen LogP contribution in [0.3, 0.4) is 0 Å². The normalized spacial score (nSPS) is 16.1. The Morgan fingerprint density at radius 2 is 1.71 bits per heavy atom. The van der Waals surface area contributed by atoms with Gasteiger partial charge in [-0.2, -0.15) is 0 Å². The van der Waals surface area contributed by atoms with E-state index in [0.717, 1.165) is 12.8 Å². The van der Waals surface area contributed by atoms with Gasteiger partial charge in [0.15, 0.2) is 0 Å². The molecule has 0 aromatic heterocycles. The first-order valence-corrected chi connectivity index (χ1v) is 5.68. The number of hydrogen-bond donors (Lipinski definition) is 0. The average molecular weight is 240 g/mol. The van der Waals surface area contributed by atoms with Crippen molar-refractivity contribution in [2.75, 3.05) is 6.61 Å². The van der Waals surface area contributed by atoms with Crippen molar-refractivity contribution in [3.05, 3.63) is 0 Å². The van der Waals surface area contributed by atoms with Gasteiger partial charge in [0, 0.05) is 6.42 Å². The van der Waals surface area contributed by atoms with E-state index >= 15 is 0 Å². The molecule has 0 aromatic carbocycles. The Morgan fingerprint density at radius 3 is 2.18 bits per heavy atom. The van der Waals surface area contributed by atoms with Gasteiger partial charge in [0.25, 0.3) is 5.78 Å². The Bertz CT molecular complexity index is 365. The summed E-state index contributed by atoms with van der Waals surface area (Å²) < 4.78 is 4.37. The molecular formula is C12H16O5. The molecule has 1 aliphatic rings. The standard InChI is InChI=1S/C12H16O5/c1-3-17-11(16)10(15)9(14)8(13)4-5-12(2)6-7-12/h3-7H2,1-2H3. The highest BCUT2D eigenvalue weighted by molar-refractivity contribution is 6.77. The summed E-state index contributed by atoms with van der Waals surface area (Å²) in [5.74, 6) is -4.66. The fourth-order valence-electron chi connectivity index (χ4n) is 1.41. The van der Waals surface area contributed by atoms with Crippen molar-refractivity contribution < 1.29 is 23.9 Å². The second-order valence-corrected chi connectivity index (χ2v) is 4.61. The molecule has 94 valence electrons. The van der Waals surface area contributed by atoms with Gasteiger partial charge in [0.2, 0.25) is 5.78 Å². The first-order valence-electron chi connectivity index (χ1n) is 5.68. The van der Waals surface area contributed by atoms with Crippen LogP contribution in [0.25, 0.3) is 0 Å². The Labute approximate surface area is 99.5 Å². The minimum atomic E-state index is -1.36. The minimum absolute atomic E-state index is 0.00408. The molecule has 5 heteroatoms. The van der Waals surface area contributed by atoms with Crippen LogP contribution in [0, 0.1) is 5.41 Å². The highest BCUT2D eigenvalue weighted by Gasteiger charge is 2.38. The summed E-state index contributed by atoms with van der Waals surface area (Å²) in [7, 11) is 0. The fourth-order valence-corrected chi connectivity index (χ4v) is 1.41. The van der Waals surface area contributed by atoms with Crippen molar-refractivity contribution >= 4 is 23.3 Å². The van der Waals surface area contributed by atoms with Crippen LogP contribution >= 0.6 is 0 Å². The van der Waals surface area contributed by atoms with Crippen molar-refractivity contribution in [2.24, 2.45) is 5.41 Å². The van der Waals surface area contributed by atoms with Crippen LogP contribution in [0.1, 0.15) is 39.5 Å². The van der Waals surface area contributed by atoms with Gasteiger partial charge in [0.1, 0.15) is 0 Å². The fraction of sp³-hybridized carbons (Fsp3) is 0.667. The first-order chi connectivity index (χ1) is 7.89. The smallest absolute Gasteiger partial charge is 0.383 e. The van der Waals surface area contributed by atoms with Crippen molar-refractivity contribution in [3.8, 4) is 0 Å². The molecule has 5 nitrogen and oxygen atoms in total. The molecule has 0 saturated heterocycles. The van der Waals surface area contributed by atoms with Gasteiger partial charge < -0.3 is 4.74 Å². The number of ketones is 3. The van der Waals surface area contributed by atoms with Crippen molar-refractivity contribution in [2.45, 2.75) is 39.5 Å². The number of carbonyl (C=O) groups is 4. The lowest BCUT2D eigenvalue weighted by Gasteiger charge is -2.05. The second-order valence-electron chi connectivity index (χ2n) is 4.61. The van der Waals surface area contributed by atoms with Crippen molar-refractivity contribution in [3.63, 3.8) is 0 Å². The van der Waals surface area contributed by atoms with E-state index < -0.39 is 23.3 Å². The first kappa shape index (κ1) is 13.5. The summed E-state index contributed by atoms with van der Waals surface area (Å²) in [5.41, 5.74) is 0.142. The molecule has 0 aliphatic heterocycles. The number of Topliss-reactive ketones (excluding diaryl/α,β-unsaturated/α-hetero) is 3. The summed E-state index contributed by atoms with van der Waals surface area (Å²) in [5, 5.41) is 0. The van der Waals surface area contributed by atoms with Crippen LogP contribution in [0.5, 0.6) is 0 Å². The molecule has 1 rings (SSSR count). The Hall–Kier alpha value is -1.52. The number of hydrogen-bond acceptors (Lipinski definition) is 5. The topological polar surface area (TPSA) is 77.5 Å². The van der Waals surface area contributed by atoms with Gasteiger partial charge in [-0.3, -0.25) is 14.4 Å². The van der Waals surface area contributed by atoms with E-state index in [2.05, 4.69) is 4.74 Å². The maximum atomic E-state index is 11.4. The SMILES string of the molecule is CCOC(=O)C(=O)C(=O)C(=O)CCC1(C)CC1. The van der Waals surface area contributed by atoms with E-state index in [4.69, 9.17) is 0 Å². The molecule has 0 amide bonds. The molecule has 0 spiro atoms. The van der Waals surface area contributed by atoms with Crippen LogP contribution < -0.4 is 0 Å². The predicted molar refractivity (Wildman–Crippen MR) is 58.2 cm³/mol. The van der Waals surface area contributed by atoms with Crippen LogP contribution in [0.2, 0.25) is 0 Å². The quantitative estimate of drug-likeness (QED) is 0.374. The van der Waals surface area contributed by atoms with Crippen molar-refractivity contribution in [1.82, 2.24) is 0 Å². The molecule has 0 N–H and O–H groups in total. The molecule has 0 unspecified atom stereocenters. The number of esters is 1. The third-order valence-corrected chi connectivity index (χ3v) is 2.98. The molecule has 0 radical (unpaired) electrons. The van der Waals surface area contributed by atoms with Gasteiger partial charge in [-0.1, -0.05) is 6.92 Å². The van der Waals surface area contributed by atoms with Gasteiger partial charge in [0.05, 0.1) is 6.61 Å². The number of ether oxygens (including phenoxy) is 1. The molecule has 1 aliphatic carbocycles. The summed E-state index contributed by atoms with van der Waals surface area (Å²) in [6.45, 7) is 3.55. The van der Waals surface area contributed by atoms with E-state index in [-0.39, 0.29) is 18.4 Å². The van der Waals surface area contributed by atoms with Crippen LogP contribution in [0.4, 0.5) is 0 Å². The molecule has 17 heavy (non-hydrogen) atoms. The lowest BCUT2D eigenvalue weighted by atomic mass is 9.99. The Balaban J connectivity index is 2.42. The highest BCUT2D eigenvalue weighted by atomic mass is 16.5. The van der Waals surface area contributed by atoms with E-state index in [1.165, 1.54) is 6.92 Å². The monoisotopic (exact) mass is 240 g/mol. The van der Waals surface area contributed by atoms with Crippen LogP contribution in [-0.2, 0) is 23.9 Å². The number of carbonyl (C=O) groups excluding carboxylic acids is 4. The summed E-state index contributed by atoms with van der Waals surface area (Å²) in [4.78, 5) is 44.8. The predicted octanol–water partition coefficient (Wildman–Crippen LogP) is 0.837. The van der Waals surface area contributed by atoms with Gasteiger partial charge in [-0.05, 0) is 31.6 Å². The summed E-state index contributed by atoms with van der Waals surface area (Å²) >= 11 is 0. The lowest BCUT2D eigenvalue weighted by Crippen LogP contribution is -2.32. The molecule has 1 fully saturated rings. The zero-order valence-corrected chi connectivity index (χ0v) is 10.1. The zero-order chi connectivity index (χ0) is 13.1. The third-order valence-electron chi connectivity index (χ3n) is 2.98. The van der Waals surface area contributed by atoms with E-state index in [0.29, 0.717) is 6.42 Å². The molecule has 0 heterocycles. The Morgan fingerprint density at radius 1 is 1.12 bits per heavy atom. The summed E-state index contributed by atoms with van der Waals surface area (Å²) in [6, 6.07) is 0. The zero-order valence-electron chi connectivity index (χ0n) is 10.1. The highest BCUT2D eigenvalue weighted by Crippen LogP contribution is 2.48. The summed E-state index contributed by atoms with van der Waals surface area (Å²) in [6.07, 6.45) is 2.70. The molecule has 0 atom stereocenters. The van der Waals surface area contributed by atoms with E-state index in [1.54, 1.807) is 0 Å². The van der Waals surface area contributed by atoms with E-state index in [1.807, 2.05) is 6.92 Å². The van der Waals surface area contributed by atoms with Gasteiger partial charge >= 0.3 is 11.8 Å².